The van der Waals surface area contributed by atoms with Gasteiger partial charge in [-0.1, -0.05) is 129 Å². The zero-order valence-electron chi connectivity index (χ0n) is 18.6. The minimum Gasteiger partial charge on any atom is -0.344 e. The Hall–Kier alpha value is -0.170. The zero-order chi connectivity index (χ0) is 20.1. The Bertz CT molecular complexity index is 388. The largest absolute Gasteiger partial charge is 0.397 e. The molecular formula is C22H49NO4S. The van der Waals surface area contributed by atoms with Crippen molar-refractivity contribution in [3.63, 3.8) is 0 Å². The normalized spacial score (nSPS) is 11.5. The first kappa shape index (κ1) is 30.0. The van der Waals surface area contributed by atoms with Crippen LogP contribution in [0.25, 0.3) is 0 Å². The lowest BCUT2D eigenvalue weighted by molar-refractivity contribution is 0.261. The van der Waals surface area contributed by atoms with Crippen molar-refractivity contribution in [2.24, 2.45) is 0 Å². The van der Waals surface area contributed by atoms with Gasteiger partial charge in [0.05, 0.1) is 6.61 Å². The summed E-state index contributed by atoms with van der Waals surface area (Å²) in [5.41, 5.74) is 0. The van der Waals surface area contributed by atoms with E-state index in [1.165, 1.54) is 109 Å². The topological polar surface area (TPSA) is 98.6 Å². The number of hydrogen-bond acceptors (Lipinski definition) is 4. The van der Waals surface area contributed by atoms with Crippen molar-refractivity contribution in [3.05, 3.63) is 0 Å². The number of unbranched alkanes of at least 4 members (excludes halogenated alkanes) is 19. The lowest BCUT2D eigenvalue weighted by Crippen LogP contribution is -2.04. The van der Waals surface area contributed by atoms with E-state index >= 15 is 0 Å². The first-order chi connectivity index (χ1) is 13.1. The third-order valence-electron chi connectivity index (χ3n) is 5.23. The second-order valence-corrected chi connectivity index (χ2v) is 9.06. The number of hydrogen-bond donors (Lipinski definition) is 2. The van der Waals surface area contributed by atoms with Gasteiger partial charge in [-0.15, -0.1) is 0 Å². The van der Waals surface area contributed by atoms with Crippen LogP contribution in [0.3, 0.4) is 0 Å². The summed E-state index contributed by atoms with van der Waals surface area (Å²) >= 11 is 0. The van der Waals surface area contributed by atoms with Gasteiger partial charge in [-0.3, -0.25) is 4.55 Å². The Kier molecular flexibility index (Phi) is 24.8. The molecule has 0 aromatic heterocycles. The molecule has 0 aromatic rings. The van der Waals surface area contributed by atoms with Crippen molar-refractivity contribution < 1.29 is 17.2 Å². The molecule has 0 radical (unpaired) electrons. The maximum absolute atomic E-state index is 10.4. The first-order valence-electron chi connectivity index (χ1n) is 11.7. The molecular weight excluding hydrogens is 374 g/mol. The molecule has 0 aliphatic rings. The van der Waals surface area contributed by atoms with Crippen LogP contribution in [-0.2, 0) is 14.6 Å². The highest BCUT2D eigenvalue weighted by atomic mass is 32.3. The quantitative estimate of drug-likeness (QED) is 0.137. The van der Waals surface area contributed by atoms with Crippen LogP contribution in [0.1, 0.15) is 135 Å². The van der Waals surface area contributed by atoms with Crippen LogP contribution in [0.15, 0.2) is 0 Å². The summed E-state index contributed by atoms with van der Waals surface area (Å²) in [6.07, 6.45) is 26.3. The summed E-state index contributed by atoms with van der Waals surface area (Å²) in [5.74, 6) is 0. The fraction of sp³-hybridized carbons (Fsp3) is 1.00. The maximum atomic E-state index is 10.4. The van der Waals surface area contributed by atoms with Gasteiger partial charge < -0.3 is 6.15 Å². The van der Waals surface area contributed by atoms with Gasteiger partial charge in [-0.2, -0.15) is 8.42 Å². The molecule has 172 valence electrons. The van der Waals surface area contributed by atoms with Crippen LogP contribution in [0.4, 0.5) is 0 Å². The lowest BCUT2D eigenvalue weighted by Gasteiger charge is -2.04. The van der Waals surface area contributed by atoms with Crippen molar-refractivity contribution in [2.75, 3.05) is 6.61 Å². The van der Waals surface area contributed by atoms with Crippen LogP contribution >= 0.6 is 0 Å². The van der Waals surface area contributed by atoms with Crippen molar-refractivity contribution >= 4 is 10.4 Å². The number of rotatable bonds is 22. The van der Waals surface area contributed by atoms with E-state index in [0.29, 0.717) is 6.42 Å². The van der Waals surface area contributed by atoms with Crippen LogP contribution in [0, 0.1) is 0 Å². The predicted molar refractivity (Wildman–Crippen MR) is 121 cm³/mol. The SMILES string of the molecule is CCCCCCCCCCCCCCCCCCCCCCOS(=O)(=O)O.N. The molecule has 0 aromatic carbocycles. The standard InChI is InChI=1S/C22H46O4S.H3N/c1-2-3-4-5-6-7-8-9-10-11-12-13-14-15-16-17-18-19-20-21-22-26-27(23,24)25;/h2-22H2,1H3,(H,23,24,25);1H3. The first-order valence-corrected chi connectivity index (χ1v) is 13.0. The minimum atomic E-state index is -4.25. The highest BCUT2D eigenvalue weighted by molar-refractivity contribution is 7.80. The van der Waals surface area contributed by atoms with Crippen LogP contribution in [0.2, 0.25) is 0 Å². The Morgan fingerprint density at radius 1 is 0.536 bits per heavy atom. The second-order valence-electron chi connectivity index (χ2n) is 7.97. The molecule has 0 rings (SSSR count). The van der Waals surface area contributed by atoms with Gasteiger partial charge in [0.1, 0.15) is 0 Å². The van der Waals surface area contributed by atoms with E-state index in [9.17, 15) is 8.42 Å². The van der Waals surface area contributed by atoms with Crippen molar-refractivity contribution in [1.82, 2.24) is 6.15 Å². The smallest absolute Gasteiger partial charge is 0.344 e. The monoisotopic (exact) mass is 423 g/mol. The summed E-state index contributed by atoms with van der Waals surface area (Å²) in [5, 5.41) is 0. The molecule has 28 heavy (non-hydrogen) atoms. The maximum Gasteiger partial charge on any atom is 0.397 e. The van der Waals surface area contributed by atoms with E-state index in [1.54, 1.807) is 0 Å². The Labute approximate surface area is 175 Å². The lowest BCUT2D eigenvalue weighted by atomic mass is 10.0. The van der Waals surface area contributed by atoms with Gasteiger partial charge in [0.25, 0.3) is 0 Å². The molecule has 0 spiro atoms. The molecule has 0 fully saturated rings. The Morgan fingerprint density at radius 3 is 1.04 bits per heavy atom. The third-order valence-corrected chi connectivity index (χ3v) is 5.69. The van der Waals surface area contributed by atoms with E-state index in [1.807, 2.05) is 0 Å². The highest BCUT2D eigenvalue weighted by Crippen LogP contribution is 2.14. The summed E-state index contributed by atoms with van der Waals surface area (Å²) in [7, 11) is -4.25. The fourth-order valence-electron chi connectivity index (χ4n) is 3.52. The Balaban J connectivity index is 0. The third kappa shape index (κ3) is 28.0. The molecule has 0 unspecified atom stereocenters. The summed E-state index contributed by atoms with van der Waals surface area (Å²) < 4.78 is 33.5. The van der Waals surface area contributed by atoms with Crippen LogP contribution < -0.4 is 6.15 Å². The van der Waals surface area contributed by atoms with Gasteiger partial charge in [0, 0.05) is 0 Å². The molecule has 0 aliphatic carbocycles. The van der Waals surface area contributed by atoms with Gasteiger partial charge >= 0.3 is 10.4 Å². The summed E-state index contributed by atoms with van der Waals surface area (Å²) in [4.78, 5) is 0. The van der Waals surface area contributed by atoms with Crippen molar-refractivity contribution in [3.8, 4) is 0 Å². The molecule has 0 amide bonds. The molecule has 0 atom stereocenters. The van der Waals surface area contributed by atoms with Gasteiger partial charge in [0.2, 0.25) is 0 Å². The molecule has 0 saturated carbocycles. The zero-order valence-corrected chi connectivity index (χ0v) is 19.5. The van der Waals surface area contributed by atoms with Crippen LogP contribution in [0.5, 0.6) is 0 Å². The van der Waals surface area contributed by atoms with Gasteiger partial charge in [-0.05, 0) is 6.42 Å². The van der Waals surface area contributed by atoms with E-state index < -0.39 is 10.4 Å². The van der Waals surface area contributed by atoms with Crippen molar-refractivity contribution in [2.45, 2.75) is 135 Å². The minimum absolute atomic E-state index is 0. The van der Waals surface area contributed by atoms with E-state index in [-0.39, 0.29) is 12.8 Å². The second kappa shape index (κ2) is 23.1. The molecule has 0 bridgehead atoms. The molecule has 5 nitrogen and oxygen atoms in total. The van der Waals surface area contributed by atoms with E-state index in [4.69, 9.17) is 4.55 Å². The summed E-state index contributed by atoms with van der Waals surface area (Å²) in [6, 6.07) is 0. The Morgan fingerprint density at radius 2 is 0.786 bits per heavy atom. The summed E-state index contributed by atoms with van der Waals surface area (Å²) in [6.45, 7) is 2.37. The van der Waals surface area contributed by atoms with Crippen molar-refractivity contribution in [1.29, 1.82) is 0 Å². The van der Waals surface area contributed by atoms with E-state index in [2.05, 4.69) is 11.1 Å². The van der Waals surface area contributed by atoms with Gasteiger partial charge in [-0.25, -0.2) is 4.18 Å². The predicted octanol–water partition coefficient (Wildman–Crippen LogP) is 7.79. The molecule has 4 N–H and O–H groups in total. The van der Waals surface area contributed by atoms with Gasteiger partial charge in [0.15, 0.2) is 0 Å². The highest BCUT2D eigenvalue weighted by Gasteiger charge is 2.02. The van der Waals surface area contributed by atoms with Crippen LogP contribution in [-0.4, -0.2) is 19.6 Å². The average Bonchev–Trinajstić information content (AvgIpc) is 2.62. The average molecular weight is 424 g/mol. The van der Waals surface area contributed by atoms with E-state index in [0.717, 1.165) is 12.8 Å². The molecule has 0 aliphatic heterocycles. The molecule has 0 saturated heterocycles. The fourth-order valence-corrected chi connectivity index (χ4v) is 3.85. The molecule has 6 heteroatoms. The molecule has 0 heterocycles.